The molecule has 130 valence electrons. The van der Waals surface area contributed by atoms with E-state index in [-0.39, 0.29) is 27.6 Å². The van der Waals surface area contributed by atoms with Gasteiger partial charge in [-0.05, 0) is 80.8 Å². The largest absolute Gasteiger partial charge is 0.290 e. The summed E-state index contributed by atoms with van der Waals surface area (Å²) in [6, 6.07) is 0. The van der Waals surface area contributed by atoms with Crippen molar-refractivity contribution < 1.29 is 9.59 Å². The molecule has 6 atom stereocenters. The second kappa shape index (κ2) is 5.33. The Bertz CT molecular complexity index is 675. The molecule has 0 aromatic heterocycles. The molecule has 3 heteroatoms. The summed E-state index contributed by atoms with van der Waals surface area (Å²) < 4.78 is 0. The zero-order valence-corrected chi connectivity index (χ0v) is 15.9. The molecule has 0 aromatic rings. The van der Waals surface area contributed by atoms with Crippen molar-refractivity contribution in [1.82, 2.24) is 0 Å². The van der Waals surface area contributed by atoms with Crippen LogP contribution in [0.1, 0.15) is 59.3 Å². The van der Waals surface area contributed by atoms with Crippen LogP contribution in [-0.2, 0) is 9.59 Å². The second-order valence-corrected chi connectivity index (χ2v) is 9.47. The summed E-state index contributed by atoms with van der Waals surface area (Å²) in [5.74, 6) is 2.25. The number of carbonyl (C=O) groups is 2. The number of carbonyl (C=O) groups excluding carboxylic acids is 2. The predicted octanol–water partition coefficient (Wildman–Crippen LogP) is 4.76. The van der Waals surface area contributed by atoms with E-state index in [1.165, 1.54) is 30.4 Å². The van der Waals surface area contributed by atoms with Gasteiger partial charge >= 0.3 is 0 Å². The van der Waals surface area contributed by atoms with Gasteiger partial charge in [0.1, 0.15) is 0 Å². The maximum absolute atomic E-state index is 12.1. The highest BCUT2D eigenvalue weighted by molar-refractivity contribution is 7.96. The van der Waals surface area contributed by atoms with Crippen molar-refractivity contribution >= 4 is 23.5 Å². The lowest BCUT2D eigenvalue weighted by atomic mass is 9.46. The minimum atomic E-state index is 0.0568. The smallest absolute Gasteiger partial charge is 0.189 e. The highest BCUT2D eigenvalue weighted by Crippen LogP contribution is 2.67. The van der Waals surface area contributed by atoms with Gasteiger partial charge in [-0.1, -0.05) is 25.0 Å². The van der Waals surface area contributed by atoms with Crippen LogP contribution in [0.25, 0.3) is 0 Å². The molecule has 3 saturated carbocycles. The molecule has 0 saturated heterocycles. The third-order valence-corrected chi connectivity index (χ3v) is 8.70. The van der Waals surface area contributed by atoms with Crippen LogP contribution in [0, 0.1) is 34.5 Å². The van der Waals surface area contributed by atoms with Gasteiger partial charge in [-0.2, -0.15) is 0 Å². The van der Waals surface area contributed by atoms with Crippen LogP contribution in [0.2, 0.25) is 0 Å². The van der Waals surface area contributed by atoms with Crippen molar-refractivity contribution in [2.45, 2.75) is 59.3 Å². The minimum absolute atomic E-state index is 0.0568. The molecule has 24 heavy (non-hydrogen) atoms. The molecule has 0 aromatic carbocycles. The van der Waals surface area contributed by atoms with E-state index in [1.54, 1.807) is 0 Å². The van der Waals surface area contributed by atoms with Crippen molar-refractivity contribution in [2.75, 3.05) is 0 Å². The summed E-state index contributed by atoms with van der Waals surface area (Å²) in [6.07, 6.45) is 10.5. The Kier molecular flexibility index (Phi) is 3.69. The second-order valence-electron chi connectivity index (χ2n) is 9.03. The Morgan fingerprint density at radius 2 is 1.88 bits per heavy atom. The Balaban J connectivity index is 1.71. The summed E-state index contributed by atoms with van der Waals surface area (Å²) in [6.45, 7) is 6.86. The van der Waals surface area contributed by atoms with Crippen molar-refractivity contribution in [3.63, 3.8) is 0 Å². The number of allylic oxidation sites excluding steroid dienone is 4. The molecule has 0 N–H and O–H groups in total. The molecular formula is C21H28O2S. The molecule has 4 aliphatic carbocycles. The maximum Gasteiger partial charge on any atom is 0.189 e. The van der Waals surface area contributed by atoms with E-state index < -0.39 is 0 Å². The molecule has 3 fully saturated rings. The maximum atomic E-state index is 12.1. The topological polar surface area (TPSA) is 34.1 Å². The fourth-order valence-corrected chi connectivity index (χ4v) is 7.40. The third kappa shape index (κ3) is 2.03. The lowest BCUT2D eigenvalue weighted by Crippen LogP contribution is -2.51. The van der Waals surface area contributed by atoms with E-state index in [2.05, 4.69) is 33.4 Å². The van der Waals surface area contributed by atoms with Crippen LogP contribution in [0.3, 0.4) is 0 Å². The first-order valence-corrected chi connectivity index (χ1v) is 9.90. The van der Waals surface area contributed by atoms with E-state index in [0.717, 1.165) is 19.3 Å². The molecule has 4 rings (SSSR count). The molecular weight excluding hydrogens is 316 g/mol. The minimum Gasteiger partial charge on any atom is -0.290 e. The van der Waals surface area contributed by atoms with Gasteiger partial charge < -0.3 is 0 Å². The molecule has 0 spiro atoms. The number of ketones is 1. The van der Waals surface area contributed by atoms with Crippen LogP contribution in [0.4, 0.5) is 0 Å². The molecule has 0 aliphatic heterocycles. The van der Waals surface area contributed by atoms with Gasteiger partial charge in [0, 0.05) is 11.3 Å². The molecule has 0 bridgehead atoms. The number of rotatable bonds is 1. The van der Waals surface area contributed by atoms with Crippen molar-refractivity contribution in [3.05, 3.63) is 23.3 Å². The van der Waals surface area contributed by atoms with E-state index in [0.29, 0.717) is 17.8 Å². The third-order valence-electron chi connectivity index (χ3n) is 8.39. The summed E-state index contributed by atoms with van der Waals surface area (Å²) in [7, 11) is 0. The van der Waals surface area contributed by atoms with Gasteiger partial charge in [0.05, 0.1) is 0 Å². The number of hydrogen-bond acceptors (Lipinski definition) is 2. The molecule has 0 heterocycles. The van der Waals surface area contributed by atoms with Crippen LogP contribution in [-0.4, -0.2) is 10.9 Å². The van der Waals surface area contributed by atoms with Crippen LogP contribution in [0.5, 0.6) is 0 Å². The molecule has 0 unspecified atom stereocenters. The van der Waals surface area contributed by atoms with Gasteiger partial charge in [0.25, 0.3) is 0 Å². The molecule has 0 radical (unpaired) electrons. The van der Waals surface area contributed by atoms with Gasteiger partial charge in [0.15, 0.2) is 10.9 Å². The monoisotopic (exact) mass is 344 g/mol. The summed E-state index contributed by atoms with van der Waals surface area (Å²) in [5.41, 5.74) is 2.81. The first-order chi connectivity index (χ1) is 11.3. The molecule has 0 amide bonds. The average Bonchev–Trinajstić information content (AvgIpc) is 2.86. The van der Waals surface area contributed by atoms with E-state index >= 15 is 0 Å². The Morgan fingerprint density at radius 1 is 1.12 bits per heavy atom. The summed E-state index contributed by atoms with van der Waals surface area (Å²) in [4.78, 5) is 24.0. The Labute approximate surface area is 150 Å². The summed E-state index contributed by atoms with van der Waals surface area (Å²) >= 11 is 4.20. The normalized spacial score (nSPS) is 47.2. The number of fused-ring (bicyclic) bond motifs is 5. The van der Waals surface area contributed by atoms with E-state index in [4.69, 9.17) is 0 Å². The number of hydrogen-bond donors (Lipinski definition) is 1. The first kappa shape index (κ1) is 16.6. The van der Waals surface area contributed by atoms with Crippen molar-refractivity contribution in [2.24, 2.45) is 34.5 Å². The Hall–Kier alpha value is -0.830. The quantitative estimate of drug-likeness (QED) is 0.696. The lowest BCUT2D eigenvalue weighted by molar-refractivity contribution is -0.120. The lowest BCUT2D eigenvalue weighted by Gasteiger charge is -2.58. The molecule has 2 nitrogen and oxygen atoms in total. The van der Waals surface area contributed by atoms with Crippen molar-refractivity contribution in [3.8, 4) is 0 Å². The summed E-state index contributed by atoms with van der Waals surface area (Å²) in [5, 5.41) is 0.0976. The first-order valence-electron chi connectivity index (χ1n) is 9.45. The van der Waals surface area contributed by atoms with Crippen LogP contribution >= 0.6 is 12.6 Å². The van der Waals surface area contributed by atoms with Gasteiger partial charge in [-0.25, -0.2) is 0 Å². The highest BCUT2D eigenvalue weighted by atomic mass is 32.1. The average molecular weight is 345 g/mol. The van der Waals surface area contributed by atoms with Crippen LogP contribution in [0.15, 0.2) is 23.3 Å². The van der Waals surface area contributed by atoms with E-state index in [9.17, 15) is 9.59 Å². The standard InChI is InChI=1S/C21H28O2S/c1-12-10-14(22)11-13-4-5-15-16-6-7-18(19(23)24)20(16,2)9-8-17(15)21(12,13)3/h10-11,15-18H,4-9H2,1-3H3,(H,23,24)/t15-,16-,17-,18+,20-,21-/m0/s1. The van der Waals surface area contributed by atoms with Crippen molar-refractivity contribution in [1.29, 1.82) is 0 Å². The SMILES string of the molecule is CC1=CC(=O)C=C2CC[C@@H]3[C@H](CC[C@]4(C)[C@@H](C(=O)S)CC[C@@H]34)[C@@]12C. The fraction of sp³-hybridized carbons (Fsp3) is 0.714. The zero-order valence-electron chi connectivity index (χ0n) is 15.0. The highest BCUT2D eigenvalue weighted by Gasteiger charge is 2.60. The Morgan fingerprint density at radius 3 is 2.58 bits per heavy atom. The predicted molar refractivity (Wildman–Crippen MR) is 98.7 cm³/mol. The van der Waals surface area contributed by atoms with Gasteiger partial charge in [0.2, 0.25) is 0 Å². The van der Waals surface area contributed by atoms with Gasteiger partial charge in [-0.3, -0.25) is 9.59 Å². The molecule has 4 aliphatic rings. The number of thiol groups is 1. The zero-order chi connectivity index (χ0) is 17.3. The fourth-order valence-electron chi connectivity index (χ4n) is 6.98. The van der Waals surface area contributed by atoms with E-state index in [1.807, 2.05) is 12.2 Å². The van der Waals surface area contributed by atoms with Crippen LogP contribution < -0.4 is 0 Å². The van der Waals surface area contributed by atoms with Gasteiger partial charge in [-0.15, -0.1) is 12.6 Å².